The second-order valence-corrected chi connectivity index (χ2v) is 5.14. The molecule has 0 spiro atoms. The van der Waals surface area contributed by atoms with Crippen molar-refractivity contribution in [2.24, 2.45) is 11.8 Å². The second kappa shape index (κ2) is 5.00. The summed E-state index contributed by atoms with van der Waals surface area (Å²) in [6.45, 7) is 1.96. The van der Waals surface area contributed by atoms with Crippen LogP contribution in [0.1, 0.15) is 39.0 Å². The molecule has 4 heteroatoms. The van der Waals surface area contributed by atoms with Crippen molar-refractivity contribution >= 4 is 0 Å². The zero-order valence-electron chi connectivity index (χ0n) is 9.75. The molecule has 0 aromatic carbocycles. The molecule has 16 heavy (non-hydrogen) atoms. The van der Waals surface area contributed by atoms with Crippen LogP contribution in [0.15, 0.2) is 0 Å². The monoisotopic (exact) mass is 230 g/mol. The fourth-order valence-corrected chi connectivity index (χ4v) is 3.12. The van der Waals surface area contributed by atoms with Crippen LogP contribution in [0.2, 0.25) is 0 Å². The van der Waals surface area contributed by atoms with Gasteiger partial charge in [-0.3, -0.25) is 0 Å². The van der Waals surface area contributed by atoms with E-state index < -0.39 is 6.29 Å². The predicted octanol–water partition coefficient (Wildman–Crippen LogP) is 0.642. The Balaban J connectivity index is 1.88. The molecule has 1 aliphatic carbocycles. The standard InChI is InChI=1S/C12H22O4/c1-2-7(13)3-4-8-9-5-12(15)16-11(9)6-10(8)14/h7-15H,2-6H2,1H3/t7-,8+,9+,10+,11-,12-/m0/s1. The van der Waals surface area contributed by atoms with Crippen LogP contribution in [0.5, 0.6) is 0 Å². The molecule has 0 aromatic rings. The van der Waals surface area contributed by atoms with Gasteiger partial charge in [0, 0.05) is 12.8 Å². The molecule has 3 N–H and O–H groups in total. The van der Waals surface area contributed by atoms with Crippen molar-refractivity contribution in [2.75, 3.05) is 0 Å². The molecule has 2 rings (SSSR count). The van der Waals surface area contributed by atoms with Crippen molar-refractivity contribution in [3.05, 3.63) is 0 Å². The molecule has 0 aromatic heterocycles. The Morgan fingerprint density at radius 3 is 2.75 bits per heavy atom. The van der Waals surface area contributed by atoms with Gasteiger partial charge in [-0.25, -0.2) is 0 Å². The first-order valence-electron chi connectivity index (χ1n) is 6.31. The van der Waals surface area contributed by atoms with Gasteiger partial charge in [0.15, 0.2) is 6.29 Å². The number of fused-ring (bicyclic) bond motifs is 1. The lowest BCUT2D eigenvalue weighted by molar-refractivity contribution is -0.0951. The van der Waals surface area contributed by atoms with Gasteiger partial charge in [-0.2, -0.15) is 0 Å². The molecule has 1 saturated heterocycles. The van der Waals surface area contributed by atoms with Gasteiger partial charge in [0.1, 0.15) is 0 Å². The van der Waals surface area contributed by atoms with Gasteiger partial charge in [0.25, 0.3) is 0 Å². The highest BCUT2D eigenvalue weighted by molar-refractivity contribution is 4.95. The smallest absolute Gasteiger partial charge is 0.155 e. The lowest BCUT2D eigenvalue weighted by Crippen LogP contribution is -2.22. The van der Waals surface area contributed by atoms with E-state index in [2.05, 4.69) is 0 Å². The maximum absolute atomic E-state index is 9.92. The fourth-order valence-electron chi connectivity index (χ4n) is 3.12. The SMILES string of the molecule is CC[C@H](O)CC[C@@H]1[C@H]2C[C@@H](O)O[C@H]2C[C@H]1O. The maximum Gasteiger partial charge on any atom is 0.155 e. The molecular formula is C12H22O4. The summed E-state index contributed by atoms with van der Waals surface area (Å²) < 4.78 is 5.35. The van der Waals surface area contributed by atoms with Crippen molar-refractivity contribution in [2.45, 2.75) is 63.6 Å². The summed E-state index contributed by atoms with van der Waals surface area (Å²) in [6, 6.07) is 0. The number of hydrogen-bond donors (Lipinski definition) is 3. The Kier molecular flexibility index (Phi) is 3.85. The number of ether oxygens (including phenoxy) is 1. The van der Waals surface area contributed by atoms with E-state index in [4.69, 9.17) is 4.74 Å². The molecule has 4 nitrogen and oxygen atoms in total. The molecule has 2 fully saturated rings. The Labute approximate surface area is 96.2 Å². The van der Waals surface area contributed by atoms with Crippen molar-refractivity contribution in [1.29, 1.82) is 0 Å². The molecule has 94 valence electrons. The number of hydrogen-bond acceptors (Lipinski definition) is 4. The first kappa shape index (κ1) is 12.3. The van der Waals surface area contributed by atoms with Crippen LogP contribution in [-0.4, -0.2) is 39.9 Å². The highest BCUT2D eigenvalue weighted by atomic mass is 16.6. The van der Waals surface area contributed by atoms with Crippen molar-refractivity contribution in [3.8, 4) is 0 Å². The minimum absolute atomic E-state index is 0.0220. The highest BCUT2D eigenvalue weighted by Crippen LogP contribution is 2.44. The van der Waals surface area contributed by atoms with E-state index in [9.17, 15) is 15.3 Å². The first-order chi connectivity index (χ1) is 7.61. The van der Waals surface area contributed by atoms with Gasteiger partial charge in [-0.05, 0) is 31.1 Å². The van der Waals surface area contributed by atoms with Crippen LogP contribution in [0, 0.1) is 11.8 Å². The molecule has 0 radical (unpaired) electrons. The van der Waals surface area contributed by atoms with Gasteiger partial charge in [0.05, 0.1) is 18.3 Å². The lowest BCUT2D eigenvalue weighted by atomic mass is 9.87. The van der Waals surface area contributed by atoms with Crippen molar-refractivity contribution in [1.82, 2.24) is 0 Å². The quantitative estimate of drug-likeness (QED) is 0.663. The van der Waals surface area contributed by atoms with Crippen LogP contribution in [0.4, 0.5) is 0 Å². The summed E-state index contributed by atoms with van der Waals surface area (Å²) in [5, 5.41) is 28.9. The van der Waals surface area contributed by atoms with E-state index in [-0.39, 0.29) is 30.1 Å². The summed E-state index contributed by atoms with van der Waals surface area (Å²) in [5.74, 6) is 0.456. The Morgan fingerprint density at radius 2 is 2.06 bits per heavy atom. The number of aliphatic hydroxyl groups is 3. The summed E-state index contributed by atoms with van der Waals surface area (Å²) in [6.07, 6.45) is 2.37. The summed E-state index contributed by atoms with van der Waals surface area (Å²) in [5.41, 5.74) is 0. The van der Waals surface area contributed by atoms with Crippen LogP contribution < -0.4 is 0 Å². The minimum atomic E-state index is -0.652. The number of aliphatic hydroxyl groups excluding tert-OH is 3. The Bertz CT molecular complexity index is 233. The van der Waals surface area contributed by atoms with Crippen LogP contribution in [0.25, 0.3) is 0 Å². The summed E-state index contributed by atoms with van der Waals surface area (Å²) in [4.78, 5) is 0. The Hall–Kier alpha value is -0.160. The molecule has 0 amide bonds. The predicted molar refractivity (Wildman–Crippen MR) is 58.6 cm³/mol. The minimum Gasteiger partial charge on any atom is -0.393 e. The number of rotatable bonds is 4. The third-order valence-corrected chi connectivity index (χ3v) is 4.11. The van der Waals surface area contributed by atoms with E-state index in [1.54, 1.807) is 0 Å². The zero-order valence-corrected chi connectivity index (χ0v) is 9.75. The van der Waals surface area contributed by atoms with Gasteiger partial charge in [0.2, 0.25) is 0 Å². The zero-order chi connectivity index (χ0) is 11.7. The summed E-state index contributed by atoms with van der Waals surface area (Å²) >= 11 is 0. The summed E-state index contributed by atoms with van der Waals surface area (Å²) in [7, 11) is 0. The lowest BCUT2D eigenvalue weighted by Gasteiger charge is -2.21. The second-order valence-electron chi connectivity index (χ2n) is 5.14. The molecule has 0 bridgehead atoms. The van der Waals surface area contributed by atoms with E-state index in [1.807, 2.05) is 6.92 Å². The van der Waals surface area contributed by atoms with Gasteiger partial charge < -0.3 is 20.1 Å². The van der Waals surface area contributed by atoms with E-state index >= 15 is 0 Å². The third-order valence-electron chi connectivity index (χ3n) is 4.11. The van der Waals surface area contributed by atoms with E-state index in [0.29, 0.717) is 12.8 Å². The maximum atomic E-state index is 9.92. The van der Waals surface area contributed by atoms with Crippen LogP contribution in [0.3, 0.4) is 0 Å². The molecule has 2 aliphatic rings. The van der Waals surface area contributed by atoms with Gasteiger partial charge >= 0.3 is 0 Å². The van der Waals surface area contributed by atoms with Gasteiger partial charge in [-0.1, -0.05) is 6.92 Å². The molecule has 1 saturated carbocycles. The molecule has 1 heterocycles. The van der Waals surface area contributed by atoms with Crippen LogP contribution >= 0.6 is 0 Å². The van der Waals surface area contributed by atoms with Gasteiger partial charge in [-0.15, -0.1) is 0 Å². The van der Waals surface area contributed by atoms with E-state index in [1.165, 1.54) is 0 Å². The van der Waals surface area contributed by atoms with Crippen molar-refractivity contribution in [3.63, 3.8) is 0 Å². The van der Waals surface area contributed by atoms with E-state index in [0.717, 1.165) is 19.3 Å². The fraction of sp³-hybridized carbons (Fsp3) is 1.00. The topological polar surface area (TPSA) is 69.9 Å². The van der Waals surface area contributed by atoms with Crippen LogP contribution in [-0.2, 0) is 4.74 Å². The molecule has 0 unspecified atom stereocenters. The molecule has 1 aliphatic heterocycles. The van der Waals surface area contributed by atoms with Crippen molar-refractivity contribution < 1.29 is 20.1 Å². The molecule has 6 atom stereocenters. The largest absolute Gasteiger partial charge is 0.393 e. The Morgan fingerprint density at radius 1 is 1.31 bits per heavy atom. The average Bonchev–Trinajstić information content (AvgIpc) is 2.71. The molecular weight excluding hydrogens is 208 g/mol. The average molecular weight is 230 g/mol. The first-order valence-corrected chi connectivity index (χ1v) is 6.31. The third kappa shape index (κ3) is 2.40. The normalized spacial score (nSPS) is 44.6. The highest BCUT2D eigenvalue weighted by Gasteiger charge is 2.48.